The van der Waals surface area contributed by atoms with Crippen LogP contribution in [0.2, 0.25) is 0 Å². The fourth-order valence-electron chi connectivity index (χ4n) is 0.714. The van der Waals surface area contributed by atoms with Gasteiger partial charge in [0.05, 0.1) is 12.8 Å². The molecule has 0 heterocycles. The van der Waals surface area contributed by atoms with Gasteiger partial charge in [0.15, 0.2) is 5.60 Å². The largest absolute Gasteiger partial charge is 0.481 e. The van der Waals surface area contributed by atoms with Crippen molar-refractivity contribution in [1.29, 1.82) is 0 Å². The molecular formula is C6H11ClNaO8. The van der Waals surface area contributed by atoms with Gasteiger partial charge in [-0.3, -0.25) is 9.59 Å². The molecule has 8 nitrogen and oxygen atoms in total. The van der Waals surface area contributed by atoms with Crippen LogP contribution in [-0.4, -0.2) is 79.0 Å². The van der Waals surface area contributed by atoms with Crippen LogP contribution in [0.3, 0.4) is 0 Å². The minimum Gasteiger partial charge on any atom is -0.481 e. The van der Waals surface area contributed by atoms with E-state index >= 15 is 0 Å². The normalized spacial score (nSPS) is 8.81. The third-order valence-electron chi connectivity index (χ3n) is 1.29. The van der Waals surface area contributed by atoms with Gasteiger partial charge in [-0.15, -0.1) is 12.4 Å². The molecule has 6 N–H and O–H groups in total. The molecule has 0 aliphatic rings. The van der Waals surface area contributed by atoms with Crippen LogP contribution in [0.4, 0.5) is 0 Å². The average Bonchev–Trinajstić information content (AvgIpc) is 1.82. The fourth-order valence-corrected chi connectivity index (χ4v) is 0.714. The molecule has 0 amide bonds. The molecule has 16 heavy (non-hydrogen) atoms. The Bertz CT molecular complexity index is 239. The quantitative estimate of drug-likeness (QED) is 0.418. The van der Waals surface area contributed by atoms with Crippen molar-refractivity contribution in [3.63, 3.8) is 0 Å². The first-order valence-electron chi connectivity index (χ1n) is 3.17. The average molecular weight is 270 g/mol. The number of halogens is 1. The molecule has 0 saturated carbocycles. The molecule has 0 aromatic rings. The molecule has 0 atom stereocenters. The maximum absolute atomic E-state index is 10.3. The van der Waals surface area contributed by atoms with Crippen LogP contribution in [0.1, 0.15) is 12.8 Å². The van der Waals surface area contributed by atoms with E-state index in [-0.39, 0.29) is 47.4 Å². The maximum atomic E-state index is 10.3. The summed E-state index contributed by atoms with van der Waals surface area (Å²) in [5.74, 6) is -5.02. The van der Waals surface area contributed by atoms with Crippen LogP contribution >= 0.6 is 12.4 Å². The number of rotatable bonds is 5. The Morgan fingerprint density at radius 3 is 1.31 bits per heavy atom. The van der Waals surface area contributed by atoms with Gasteiger partial charge in [0.1, 0.15) is 0 Å². The molecule has 0 aromatic heterocycles. The molecule has 0 rings (SSSR count). The van der Waals surface area contributed by atoms with Crippen LogP contribution in [0, 0.1) is 0 Å². The third-order valence-corrected chi connectivity index (χ3v) is 1.29. The Kier molecular flexibility index (Phi) is 15.2. The zero-order chi connectivity index (χ0) is 10.6. The summed E-state index contributed by atoms with van der Waals surface area (Å²) >= 11 is 0. The van der Waals surface area contributed by atoms with E-state index < -0.39 is 36.4 Å². The topological polar surface area (TPSA) is 164 Å². The van der Waals surface area contributed by atoms with Crippen molar-refractivity contribution in [2.75, 3.05) is 0 Å². The van der Waals surface area contributed by atoms with Gasteiger partial charge in [-0.2, -0.15) is 0 Å². The molecule has 0 spiro atoms. The molecular weight excluding hydrogens is 259 g/mol. The van der Waals surface area contributed by atoms with Crippen LogP contribution in [0.5, 0.6) is 0 Å². The smallest absolute Gasteiger partial charge is 0.336 e. The first-order valence-corrected chi connectivity index (χ1v) is 3.17. The second-order valence-corrected chi connectivity index (χ2v) is 2.48. The summed E-state index contributed by atoms with van der Waals surface area (Å²) in [5.41, 5.74) is -2.74. The number of carboxylic acid groups (broad SMARTS) is 3. The molecule has 91 valence electrons. The Morgan fingerprint density at radius 2 is 1.19 bits per heavy atom. The Hall–Kier alpha value is -0.380. The number of aliphatic carboxylic acids is 3. The van der Waals surface area contributed by atoms with Crippen LogP contribution in [0.25, 0.3) is 0 Å². The minimum atomic E-state index is -2.74. The number of carbonyl (C=O) groups is 3. The fraction of sp³-hybridized carbons (Fsp3) is 0.500. The van der Waals surface area contributed by atoms with Crippen molar-refractivity contribution in [3.8, 4) is 0 Å². The Balaban J connectivity index is -0.000000240. The van der Waals surface area contributed by atoms with E-state index in [1.807, 2.05) is 0 Å². The van der Waals surface area contributed by atoms with Crippen molar-refractivity contribution < 1.29 is 40.3 Å². The molecule has 0 aliphatic heterocycles. The summed E-state index contributed by atoms with van der Waals surface area (Å²) in [6, 6.07) is 0. The standard InChI is InChI=1S/C6H8O7.ClH.Na.H2O/c7-3(8)1-6(13,5(11)12)2-4(9)10;;;/h13H,1-2H2,(H,7,8)(H,9,10)(H,11,12);1H;;1H2. The molecule has 1 radical (unpaired) electrons. The summed E-state index contributed by atoms with van der Waals surface area (Å²) < 4.78 is 0. The zero-order valence-corrected chi connectivity index (χ0v) is 11.2. The molecule has 10 heteroatoms. The summed E-state index contributed by atoms with van der Waals surface area (Å²) in [5, 5.41) is 33.8. The van der Waals surface area contributed by atoms with E-state index in [0.29, 0.717) is 0 Å². The first-order chi connectivity index (χ1) is 5.78. The van der Waals surface area contributed by atoms with Gasteiger partial charge in [0.2, 0.25) is 0 Å². The van der Waals surface area contributed by atoms with Gasteiger partial charge in [-0.1, -0.05) is 0 Å². The van der Waals surface area contributed by atoms with Crippen molar-refractivity contribution in [2.45, 2.75) is 18.4 Å². The molecule has 0 aliphatic carbocycles. The Labute approximate surface area is 118 Å². The van der Waals surface area contributed by atoms with Crippen LogP contribution in [0.15, 0.2) is 0 Å². The van der Waals surface area contributed by atoms with Crippen LogP contribution in [-0.2, 0) is 14.4 Å². The van der Waals surface area contributed by atoms with Gasteiger partial charge in [-0.25, -0.2) is 4.79 Å². The molecule has 0 unspecified atom stereocenters. The predicted octanol–water partition coefficient (Wildman–Crippen LogP) is -2.03. The van der Waals surface area contributed by atoms with Crippen molar-refractivity contribution in [3.05, 3.63) is 0 Å². The summed E-state index contributed by atoms with van der Waals surface area (Å²) in [6.45, 7) is 0. The van der Waals surface area contributed by atoms with E-state index in [9.17, 15) is 14.4 Å². The van der Waals surface area contributed by atoms with Gasteiger partial charge < -0.3 is 25.9 Å². The first kappa shape index (κ1) is 24.7. The minimum absolute atomic E-state index is 0. The van der Waals surface area contributed by atoms with Gasteiger partial charge >= 0.3 is 17.9 Å². The van der Waals surface area contributed by atoms with E-state index in [2.05, 4.69) is 0 Å². The third kappa shape index (κ3) is 8.89. The molecule has 0 aromatic carbocycles. The maximum Gasteiger partial charge on any atom is 0.336 e. The van der Waals surface area contributed by atoms with Gasteiger partial charge in [0.25, 0.3) is 0 Å². The van der Waals surface area contributed by atoms with E-state index in [1.54, 1.807) is 0 Å². The van der Waals surface area contributed by atoms with Crippen LogP contribution < -0.4 is 0 Å². The molecule has 0 bridgehead atoms. The number of hydrogen-bond acceptors (Lipinski definition) is 4. The zero-order valence-electron chi connectivity index (χ0n) is 8.34. The van der Waals surface area contributed by atoms with E-state index in [4.69, 9.17) is 20.4 Å². The number of carboxylic acids is 3. The summed E-state index contributed by atoms with van der Waals surface area (Å²) in [4.78, 5) is 30.5. The van der Waals surface area contributed by atoms with E-state index in [1.165, 1.54) is 0 Å². The number of hydrogen-bond donors (Lipinski definition) is 4. The van der Waals surface area contributed by atoms with Crippen molar-refractivity contribution in [2.24, 2.45) is 0 Å². The molecule has 0 saturated heterocycles. The SMILES string of the molecule is Cl.O.O=C(O)CC(O)(CC(=O)O)C(=O)O.[Na]. The summed E-state index contributed by atoms with van der Waals surface area (Å²) in [7, 11) is 0. The second-order valence-electron chi connectivity index (χ2n) is 2.48. The second kappa shape index (κ2) is 9.82. The van der Waals surface area contributed by atoms with Crippen molar-refractivity contribution >= 4 is 59.9 Å². The monoisotopic (exact) mass is 269 g/mol. The van der Waals surface area contributed by atoms with Gasteiger partial charge in [-0.05, 0) is 0 Å². The van der Waals surface area contributed by atoms with Crippen molar-refractivity contribution in [1.82, 2.24) is 0 Å². The van der Waals surface area contributed by atoms with Gasteiger partial charge in [0, 0.05) is 29.6 Å². The predicted molar refractivity (Wildman–Crippen MR) is 53.7 cm³/mol. The van der Waals surface area contributed by atoms with E-state index in [0.717, 1.165) is 0 Å². The molecule has 0 fully saturated rings. The summed E-state index contributed by atoms with van der Waals surface area (Å²) in [6.07, 6.45) is -2.29. The Morgan fingerprint density at radius 1 is 0.938 bits per heavy atom. The number of aliphatic hydroxyl groups is 1.